The number of nitrogens with zero attached hydrogens (tertiary/aromatic N) is 1. The molecule has 38 heavy (non-hydrogen) atoms. The van der Waals surface area contributed by atoms with Crippen LogP contribution in [0.3, 0.4) is 0 Å². The van der Waals surface area contributed by atoms with Gasteiger partial charge in [-0.1, -0.05) is 62.6 Å². The van der Waals surface area contributed by atoms with E-state index in [1.165, 1.54) is 32.1 Å². The molecule has 4 atom stereocenters. The van der Waals surface area contributed by atoms with Crippen LogP contribution in [-0.4, -0.2) is 52.7 Å². The Hall–Kier alpha value is -2.78. The van der Waals surface area contributed by atoms with Crippen LogP contribution in [0.1, 0.15) is 81.0 Å². The molecule has 4 unspecified atom stereocenters. The minimum absolute atomic E-state index is 0.00431. The Bertz CT molecular complexity index is 1050. The molecule has 1 amide bonds. The predicted octanol–water partition coefficient (Wildman–Crippen LogP) is 5.04. The van der Waals surface area contributed by atoms with Crippen molar-refractivity contribution in [2.45, 2.75) is 77.0 Å². The number of carboxylic acid groups (broad SMARTS) is 1. The molecule has 0 bridgehead atoms. The zero-order valence-electron chi connectivity index (χ0n) is 22.2. The van der Waals surface area contributed by atoms with Crippen LogP contribution in [0.25, 0.3) is 0 Å². The van der Waals surface area contributed by atoms with Crippen molar-refractivity contribution in [1.29, 1.82) is 0 Å². The second-order valence-corrected chi connectivity index (χ2v) is 10.5. The number of nitrogens with one attached hydrogen (secondary N) is 1. The van der Waals surface area contributed by atoms with Crippen LogP contribution in [0.2, 0.25) is 0 Å². The zero-order valence-corrected chi connectivity index (χ0v) is 22.2. The first-order chi connectivity index (χ1) is 18.4. The first-order valence-electron chi connectivity index (χ1n) is 13.8. The van der Waals surface area contributed by atoms with Gasteiger partial charge < -0.3 is 29.9 Å². The molecular weight excluding hydrogens is 484 g/mol. The largest absolute Gasteiger partial charge is 0.481 e. The van der Waals surface area contributed by atoms with Crippen molar-refractivity contribution in [3.8, 4) is 0 Å². The molecule has 8 heteroatoms. The monoisotopic (exact) mass is 524 g/mol. The highest BCUT2D eigenvalue weighted by atomic mass is 16.7. The molecule has 2 fully saturated rings. The number of amides is 1. The molecular formula is C30H40N2O6. The molecule has 0 saturated carbocycles. The first kappa shape index (κ1) is 28.2. The molecule has 2 aromatic carbocycles. The maximum Gasteiger partial charge on any atom is 0.303 e. The third-order valence-corrected chi connectivity index (χ3v) is 7.52. The number of aliphatic hydroxyl groups excluding tert-OH is 1. The maximum absolute atomic E-state index is 12.2. The van der Waals surface area contributed by atoms with Gasteiger partial charge in [-0.05, 0) is 49.2 Å². The minimum Gasteiger partial charge on any atom is -0.481 e. The van der Waals surface area contributed by atoms with E-state index in [0.717, 1.165) is 36.3 Å². The van der Waals surface area contributed by atoms with Gasteiger partial charge in [0.25, 0.3) is 0 Å². The summed E-state index contributed by atoms with van der Waals surface area (Å²) in [5.74, 6) is -1.24. The Kier molecular flexibility index (Phi) is 10.3. The summed E-state index contributed by atoms with van der Waals surface area (Å²) in [7, 11) is 0. The lowest BCUT2D eigenvalue weighted by atomic mass is 9.89. The smallest absolute Gasteiger partial charge is 0.303 e. The van der Waals surface area contributed by atoms with Crippen LogP contribution >= 0.6 is 0 Å². The summed E-state index contributed by atoms with van der Waals surface area (Å²) < 4.78 is 13.2. The summed E-state index contributed by atoms with van der Waals surface area (Å²) in [6.07, 6.45) is 5.10. The van der Waals surface area contributed by atoms with Crippen molar-refractivity contribution in [1.82, 2.24) is 4.90 Å². The first-order valence-corrected chi connectivity index (χ1v) is 13.8. The topological polar surface area (TPSA) is 108 Å². The Morgan fingerprint density at radius 1 is 0.947 bits per heavy atom. The minimum atomic E-state index is -1.00. The number of aliphatic hydroxyl groups is 1. The number of likely N-dealkylation sites (tertiary alicyclic amines) is 1. The summed E-state index contributed by atoms with van der Waals surface area (Å²) in [5, 5.41) is 21.1. The molecule has 3 N–H and O–H groups in total. The van der Waals surface area contributed by atoms with Crippen LogP contribution in [-0.2, 0) is 25.7 Å². The van der Waals surface area contributed by atoms with Crippen molar-refractivity contribution in [2.24, 2.45) is 5.92 Å². The molecule has 2 heterocycles. The molecule has 2 aromatic rings. The number of rotatable bonds is 9. The number of carboxylic acids is 1. The van der Waals surface area contributed by atoms with Gasteiger partial charge in [-0.2, -0.15) is 0 Å². The molecule has 2 aliphatic rings. The van der Waals surface area contributed by atoms with E-state index in [2.05, 4.69) is 17.1 Å². The SMILES string of the molecule is CC1C(CN2CCCCCCC2)OC(c2cccc(NC(=O)CCC(=O)O)c2)OC1c1ccc(CO)cc1. The quantitative estimate of drug-likeness (QED) is 0.422. The number of carbonyl (C=O) groups excluding carboxylic acids is 1. The Morgan fingerprint density at radius 2 is 1.66 bits per heavy atom. The molecule has 8 nitrogen and oxygen atoms in total. The highest BCUT2D eigenvalue weighted by molar-refractivity contribution is 5.92. The van der Waals surface area contributed by atoms with Crippen LogP contribution in [0.4, 0.5) is 5.69 Å². The number of anilines is 1. The van der Waals surface area contributed by atoms with Crippen molar-refractivity contribution in [2.75, 3.05) is 25.0 Å². The Balaban J connectivity index is 1.54. The molecule has 0 aromatic heterocycles. The number of carbonyl (C=O) groups is 2. The molecule has 0 radical (unpaired) electrons. The standard InChI is InChI=1S/C30H40N2O6/c1-21-26(19-32-16-5-3-2-4-6-17-32)37-30(38-29(21)23-12-10-22(20-33)11-13-23)24-8-7-9-25(18-24)31-27(34)14-15-28(35)36/h7-13,18,21,26,29-30,33H,2-6,14-17,19-20H2,1H3,(H,31,34)(H,35,36). The number of hydrogen-bond donors (Lipinski definition) is 3. The van der Waals surface area contributed by atoms with Crippen LogP contribution in [0.5, 0.6) is 0 Å². The van der Waals surface area contributed by atoms with E-state index in [9.17, 15) is 14.7 Å². The van der Waals surface area contributed by atoms with Crippen LogP contribution in [0, 0.1) is 5.92 Å². The van der Waals surface area contributed by atoms with Gasteiger partial charge in [0.2, 0.25) is 5.91 Å². The summed E-state index contributed by atoms with van der Waals surface area (Å²) >= 11 is 0. The highest BCUT2D eigenvalue weighted by Gasteiger charge is 2.39. The van der Waals surface area contributed by atoms with Crippen LogP contribution in [0.15, 0.2) is 48.5 Å². The van der Waals surface area contributed by atoms with Gasteiger partial charge in [0.15, 0.2) is 6.29 Å². The fourth-order valence-corrected chi connectivity index (χ4v) is 5.29. The fraction of sp³-hybridized carbons (Fsp3) is 0.533. The van der Waals surface area contributed by atoms with Gasteiger partial charge in [-0.25, -0.2) is 0 Å². The molecule has 0 aliphatic carbocycles. The summed E-state index contributed by atoms with van der Waals surface area (Å²) in [4.78, 5) is 25.5. The van der Waals surface area contributed by atoms with Gasteiger partial charge >= 0.3 is 5.97 Å². The highest BCUT2D eigenvalue weighted by Crippen LogP contribution is 2.42. The van der Waals surface area contributed by atoms with E-state index in [1.54, 1.807) is 6.07 Å². The van der Waals surface area contributed by atoms with Gasteiger partial charge in [0.1, 0.15) is 0 Å². The molecule has 0 spiro atoms. The van der Waals surface area contributed by atoms with E-state index < -0.39 is 12.3 Å². The van der Waals surface area contributed by atoms with Crippen molar-refractivity contribution in [3.63, 3.8) is 0 Å². The third-order valence-electron chi connectivity index (χ3n) is 7.52. The summed E-state index contributed by atoms with van der Waals surface area (Å²) in [5.41, 5.74) is 3.27. The maximum atomic E-state index is 12.2. The molecule has 4 rings (SSSR count). The third kappa shape index (κ3) is 7.86. The van der Waals surface area contributed by atoms with Crippen molar-refractivity contribution in [3.05, 3.63) is 65.2 Å². The van der Waals surface area contributed by atoms with Gasteiger partial charge in [0.05, 0.1) is 25.2 Å². The molecule has 206 valence electrons. The predicted molar refractivity (Wildman–Crippen MR) is 144 cm³/mol. The Labute approximate surface area is 224 Å². The number of aliphatic carboxylic acids is 1. The van der Waals surface area contributed by atoms with E-state index >= 15 is 0 Å². The van der Waals surface area contributed by atoms with Gasteiger partial charge in [-0.15, -0.1) is 0 Å². The fourth-order valence-electron chi connectivity index (χ4n) is 5.29. The lowest BCUT2D eigenvalue weighted by Crippen LogP contribution is -2.45. The number of hydrogen-bond acceptors (Lipinski definition) is 6. The van der Waals surface area contributed by atoms with Crippen LogP contribution < -0.4 is 5.32 Å². The number of ether oxygens (including phenoxy) is 2. The molecule has 2 saturated heterocycles. The summed E-state index contributed by atoms with van der Waals surface area (Å²) in [6.45, 7) is 5.15. The van der Waals surface area contributed by atoms with E-state index in [4.69, 9.17) is 14.6 Å². The van der Waals surface area contributed by atoms with Crippen molar-refractivity contribution < 1.29 is 29.3 Å². The molecule has 2 aliphatic heterocycles. The van der Waals surface area contributed by atoms with E-state index in [1.807, 2.05) is 42.5 Å². The van der Waals surface area contributed by atoms with Crippen molar-refractivity contribution >= 4 is 17.6 Å². The van der Waals surface area contributed by atoms with E-state index in [0.29, 0.717) is 5.69 Å². The lowest BCUT2D eigenvalue weighted by molar-refractivity contribution is -0.276. The normalized spacial score (nSPS) is 24.8. The van der Waals surface area contributed by atoms with Gasteiger partial charge in [-0.3, -0.25) is 9.59 Å². The van der Waals surface area contributed by atoms with Gasteiger partial charge in [0, 0.05) is 30.1 Å². The lowest BCUT2D eigenvalue weighted by Gasteiger charge is -2.43. The average molecular weight is 525 g/mol. The second kappa shape index (κ2) is 13.8. The Morgan fingerprint density at radius 3 is 2.34 bits per heavy atom. The van der Waals surface area contributed by atoms with E-state index in [-0.39, 0.29) is 43.5 Å². The second-order valence-electron chi connectivity index (χ2n) is 10.5. The zero-order chi connectivity index (χ0) is 26.9. The average Bonchev–Trinajstić information content (AvgIpc) is 2.90. The number of benzene rings is 2. The summed E-state index contributed by atoms with van der Waals surface area (Å²) in [6, 6.07) is 15.3.